The van der Waals surface area contributed by atoms with Crippen LogP contribution in [-0.4, -0.2) is 52.3 Å². The third-order valence-electron chi connectivity index (χ3n) is 3.62. The van der Waals surface area contributed by atoms with Crippen LogP contribution in [-0.2, 0) is 14.8 Å². The van der Waals surface area contributed by atoms with Crippen LogP contribution in [0.5, 0.6) is 11.5 Å². The lowest BCUT2D eigenvalue weighted by Gasteiger charge is -2.13. The molecular formula is C18H21N3O6S. The standard InChI is InChI=1S/C18H21N3O6S/c1-21(2)28(24,25)14-8-6-7-13(11-14)18(23)20-19-17(22)12-27-16-10-5-4-9-15(16)26-3/h4-11H,12H2,1-3H3,(H,19,22)(H,20,23). The molecule has 2 aromatic carbocycles. The largest absolute Gasteiger partial charge is 0.493 e. The molecule has 0 aromatic heterocycles. The predicted octanol–water partition coefficient (Wildman–Crippen LogP) is 0.785. The first-order valence-electron chi connectivity index (χ1n) is 8.13. The van der Waals surface area contributed by atoms with E-state index in [0.29, 0.717) is 11.5 Å². The van der Waals surface area contributed by atoms with Crippen LogP contribution in [0.15, 0.2) is 53.4 Å². The van der Waals surface area contributed by atoms with Crippen molar-refractivity contribution in [2.45, 2.75) is 4.90 Å². The van der Waals surface area contributed by atoms with Gasteiger partial charge in [-0.25, -0.2) is 12.7 Å². The summed E-state index contributed by atoms with van der Waals surface area (Å²) in [6.07, 6.45) is 0. The third-order valence-corrected chi connectivity index (χ3v) is 5.43. The van der Waals surface area contributed by atoms with Crippen LogP contribution < -0.4 is 20.3 Å². The highest BCUT2D eigenvalue weighted by Crippen LogP contribution is 2.25. The van der Waals surface area contributed by atoms with Crippen molar-refractivity contribution in [2.75, 3.05) is 27.8 Å². The first kappa shape index (κ1) is 21.2. The summed E-state index contributed by atoms with van der Waals surface area (Å²) < 4.78 is 35.8. The second kappa shape index (κ2) is 9.20. The first-order chi connectivity index (χ1) is 13.3. The van der Waals surface area contributed by atoms with E-state index < -0.39 is 21.8 Å². The van der Waals surface area contributed by atoms with Gasteiger partial charge < -0.3 is 9.47 Å². The number of benzene rings is 2. The minimum absolute atomic E-state index is 0.0315. The topological polar surface area (TPSA) is 114 Å². The van der Waals surface area contributed by atoms with Gasteiger partial charge in [-0.15, -0.1) is 0 Å². The van der Waals surface area contributed by atoms with Crippen molar-refractivity contribution in [1.29, 1.82) is 0 Å². The molecule has 0 unspecified atom stereocenters. The number of hydrogen-bond donors (Lipinski definition) is 2. The second-order valence-electron chi connectivity index (χ2n) is 5.76. The van der Waals surface area contributed by atoms with Crippen LogP contribution in [0.2, 0.25) is 0 Å². The molecule has 2 aromatic rings. The van der Waals surface area contributed by atoms with E-state index in [1.54, 1.807) is 24.3 Å². The molecule has 0 bridgehead atoms. The SMILES string of the molecule is COc1ccccc1OCC(=O)NNC(=O)c1cccc(S(=O)(=O)N(C)C)c1. The summed E-state index contributed by atoms with van der Waals surface area (Å²) in [7, 11) is 0.589. The molecule has 0 fully saturated rings. The molecule has 0 aliphatic heterocycles. The number of methoxy groups -OCH3 is 1. The van der Waals surface area contributed by atoms with Gasteiger partial charge in [0, 0.05) is 19.7 Å². The first-order valence-corrected chi connectivity index (χ1v) is 9.57. The molecule has 0 saturated heterocycles. The number of sulfonamides is 1. The van der Waals surface area contributed by atoms with Gasteiger partial charge in [-0.3, -0.25) is 20.4 Å². The maximum absolute atomic E-state index is 12.2. The van der Waals surface area contributed by atoms with Gasteiger partial charge in [-0.1, -0.05) is 18.2 Å². The number of ether oxygens (including phenoxy) is 2. The monoisotopic (exact) mass is 407 g/mol. The van der Waals surface area contributed by atoms with E-state index in [4.69, 9.17) is 9.47 Å². The fourth-order valence-electron chi connectivity index (χ4n) is 2.12. The summed E-state index contributed by atoms with van der Waals surface area (Å²) in [5.74, 6) is -0.413. The summed E-state index contributed by atoms with van der Waals surface area (Å²) in [6, 6.07) is 12.3. The van der Waals surface area contributed by atoms with Gasteiger partial charge in [0.05, 0.1) is 12.0 Å². The zero-order valence-electron chi connectivity index (χ0n) is 15.6. The number of hydrogen-bond acceptors (Lipinski definition) is 6. The molecule has 0 aliphatic rings. The number of amides is 2. The van der Waals surface area contributed by atoms with Crippen molar-refractivity contribution < 1.29 is 27.5 Å². The van der Waals surface area contributed by atoms with Gasteiger partial charge in [-0.2, -0.15) is 0 Å². The maximum atomic E-state index is 12.2. The molecule has 0 spiro atoms. The Morgan fingerprint density at radius 1 is 1.00 bits per heavy atom. The van der Waals surface area contributed by atoms with E-state index in [-0.39, 0.29) is 17.1 Å². The number of rotatable bonds is 7. The second-order valence-corrected chi connectivity index (χ2v) is 7.91. The van der Waals surface area contributed by atoms with Crippen molar-refractivity contribution in [2.24, 2.45) is 0 Å². The van der Waals surface area contributed by atoms with E-state index >= 15 is 0 Å². The Morgan fingerprint density at radius 3 is 2.32 bits per heavy atom. The molecule has 0 atom stereocenters. The minimum atomic E-state index is -3.68. The number of carbonyl (C=O) groups excluding carboxylic acids is 2. The normalized spacial score (nSPS) is 11.0. The highest BCUT2D eigenvalue weighted by Gasteiger charge is 2.19. The Morgan fingerprint density at radius 2 is 1.68 bits per heavy atom. The van der Waals surface area contributed by atoms with Crippen LogP contribution in [0.4, 0.5) is 0 Å². The number of nitrogens with zero attached hydrogens (tertiary/aromatic N) is 1. The Bertz CT molecular complexity index is 959. The molecule has 150 valence electrons. The van der Waals surface area contributed by atoms with Crippen molar-refractivity contribution in [1.82, 2.24) is 15.2 Å². The molecule has 0 saturated carbocycles. The van der Waals surface area contributed by atoms with E-state index in [1.165, 1.54) is 45.5 Å². The lowest BCUT2D eigenvalue weighted by atomic mass is 10.2. The molecule has 0 heterocycles. The van der Waals surface area contributed by atoms with E-state index in [9.17, 15) is 18.0 Å². The van der Waals surface area contributed by atoms with Crippen LogP contribution in [0, 0.1) is 0 Å². The lowest BCUT2D eigenvalue weighted by Crippen LogP contribution is -2.43. The Labute approximate surface area is 163 Å². The number of carbonyl (C=O) groups is 2. The van der Waals surface area contributed by atoms with Crippen molar-refractivity contribution >= 4 is 21.8 Å². The minimum Gasteiger partial charge on any atom is -0.493 e. The zero-order valence-corrected chi connectivity index (χ0v) is 16.4. The summed E-state index contributed by atoms with van der Waals surface area (Å²) in [5, 5.41) is 0. The Balaban J connectivity index is 1.94. The van der Waals surface area contributed by atoms with Gasteiger partial charge in [0.2, 0.25) is 10.0 Å². The maximum Gasteiger partial charge on any atom is 0.276 e. The summed E-state index contributed by atoms with van der Waals surface area (Å²) in [4.78, 5) is 24.0. The van der Waals surface area contributed by atoms with Crippen LogP contribution >= 0.6 is 0 Å². The fraction of sp³-hybridized carbons (Fsp3) is 0.222. The van der Waals surface area contributed by atoms with Crippen molar-refractivity contribution in [3.63, 3.8) is 0 Å². The Kier molecular flexibility index (Phi) is 6.96. The van der Waals surface area contributed by atoms with Crippen LogP contribution in [0.3, 0.4) is 0 Å². The number of nitrogens with one attached hydrogen (secondary N) is 2. The average molecular weight is 407 g/mol. The van der Waals surface area contributed by atoms with Gasteiger partial charge in [0.1, 0.15) is 0 Å². The van der Waals surface area contributed by atoms with Crippen molar-refractivity contribution in [3.05, 3.63) is 54.1 Å². The zero-order chi connectivity index (χ0) is 20.7. The van der Waals surface area contributed by atoms with E-state index in [1.807, 2.05) is 0 Å². The van der Waals surface area contributed by atoms with Crippen molar-refractivity contribution in [3.8, 4) is 11.5 Å². The number of para-hydroxylation sites is 2. The third kappa shape index (κ3) is 5.21. The quantitative estimate of drug-likeness (QED) is 0.656. The van der Waals surface area contributed by atoms with Crippen LogP contribution in [0.25, 0.3) is 0 Å². The molecule has 2 N–H and O–H groups in total. The average Bonchev–Trinajstić information content (AvgIpc) is 2.70. The summed E-state index contributed by atoms with van der Waals surface area (Å²) in [6.45, 7) is -0.351. The molecule has 2 rings (SSSR count). The molecule has 0 aliphatic carbocycles. The van der Waals surface area contributed by atoms with Gasteiger partial charge in [-0.05, 0) is 30.3 Å². The predicted molar refractivity (Wildman–Crippen MR) is 101 cm³/mol. The van der Waals surface area contributed by atoms with Gasteiger partial charge in [0.15, 0.2) is 18.1 Å². The Hall–Kier alpha value is -3.11. The molecule has 28 heavy (non-hydrogen) atoms. The van der Waals surface area contributed by atoms with Gasteiger partial charge >= 0.3 is 0 Å². The molecule has 2 amide bonds. The molecule has 10 heteroatoms. The highest BCUT2D eigenvalue weighted by molar-refractivity contribution is 7.89. The smallest absolute Gasteiger partial charge is 0.276 e. The van der Waals surface area contributed by atoms with Crippen LogP contribution in [0.1, 0.15) is 10.4 Å². The summed E-state index contributed by atoms with van der Waals surface area (Å²) >= 11 is 0. The fourth-order valence-corrected chi connectivity index (χ4v) is 3.07. The lowest BCUT2D eigenvalue weighted by molar-refractivity contribution is -0.123. The summed E-state index contributed by atoms with van der Waals surface area (Å²) in [5.41, 5.74) is 4.50. The number of hydrazine groups is 1. The van der Waals surface area contributed by atoms with Gasteiger partial charge in [0.25, 0.3) is 11.8 Å². The molecular weight excluding hydrogens is 386 g/mol. The highest BCUT2D eigenvalue weighted by atomic mass is 32.2. The van der Waals surface area contributed by atoms with E-state index in [2.05, 4.69) is 10.9 Å². The molecule has 0 radical (unpaired) electrons. The van der Waals surface area contributed by atoms with E-state index in [0.717, 1.165) is 4.31 Å². The molecule has 9 nitrogen and oxygen atoms in total.